The summed E-state index contributed by atoms with van der Waals surface area (Å²) in [6, 6.07) is 18.1. The maximum Gasteiger partial charge on any atom is 0.224 e. The molecule has 1 unspecified atom stereocenters. The van der Waals surface area contributed by atoms with Crippen molar-refractivity contribution in [3.05, 3.63) is 65.7 Å². The van der Waals surface area contributed by atoms with E-state index in [1.54, 1.807) is 0 Å². The van der Waals surface area contributed by atoms with Gasteiger partial charge < -0.3 is 16.4 Å². The molecular weight excluding hydrogens is 322 g/mol. The van der Waals surface area contributed by atoms with Crippen molar-refractivity contribution in [2.45, 2.75) is 51.6 Å². The van der Waals surface area contributed by atoms with E-state index < -0.39 is 0 Å². The largest absolute Gasteiger partial charge is 0.399 e. The third-order valence-electron chi connectivity index (χ3n) is 5.14. The van der Waals surface area contributed by atoms with Gasteiger partial charge in [0.15, 0.2) is 0 Å². The monoisotopic (exact) mass is 353 g/mol. The lowest BCUT2D eigenvalue weighted by atomic mass is 9.90. The lowest BCUT2D eigenvalue weighted by molar-refractivity contribution is -0.120. The van der Waals surface area contributed by atoms with E-state index in [0.717, 1.165) is 18.4 Å². The number of carbonyl (C=O) groups is 1. The average Bonchev–Trinajstić information content (AvgIpc) is 2.67. The first-order valence-electron chi connectivity index (χ1n) is 9.42. The van der Waals surface area contributed by atoms with Gasteiger partial charge in [0.2, 0.25) is 5.91 Å². The maximum atomic E-state index is 12.4. The Morgan fingerprint density at radius 3 is 2.23 bits per heavy atom. The summed E-state index contributed by atoms with van der Waals surface area (Å²) >= 11 is 0. The van der Waals surface area contributed by atoms with Crippen molar-refractivity contribution in [1.82, 2.24) is 10.6 Å². The molecule has 0 radical (unpaired) electrons. The first kappa shape index (κ1) is 20.0. The Morgan fingerprint density at radius 2 is 1.65 bits per heavy atom. The van der Waals surface area contributed by atoms with E-state index >= 15 is 0 Å². The van der Waals surface area contributed by atoms with Crippen LogP contribution in [0, 0.1) is 0 Å². The molecule has 1 atom stereocenters. The second-order valence-corrected chi connectivity index (χ2v) is 6.96. The van der Waals surface area contributed by atoms with Crippen molar-refractivity contribution >= 4 is 11.6 Å². The molecule has 0 fully saturated rings. The van der Waals surface area contributed by atoms with Gasteiger partial charge in [0, 0.05) is 23.8 Å². The minimum absolute atomic E-state index is 0.0372. The summed E-state index contributed by atoms with van der Waals surface area (Å²) in [5, 5.41) is 6.85. The van der Waals surface area contributed by atoms with Crippen LogP contribution in [0.5, 0.6) is 0 Å². The number of benzene rings is 2. The van der Waals surface area contributed by atoms with Gasteiger partial charge in [-0.2, -0.15) is 0 Å². The fraction of sp³-hybridized carbons (Fsp3) is 0.409. The second-order valence-electron chi connectivity index (χ2n) is 6.96. The molecule has 0 aromatic heterocycles. The molecule has 1 amide bonds. The summed E-state index contributed by atoms with van der Waals surface area (Å²) in [5.74, 6) is 0.0372. The molecule has 0 aliphatic heterocycles. The van der Waals surface area contributed by atoms with Gasteiger partial charge in [0.05, 0.1) is 6.42 Å². The van der Waals surface area contributed by atoms with Gasteiger partial charge in [-0.25, -0.2) is 0 Å². The number of carbonyl (C=O) groups excluding carboxylic acids is 1. The van der Waals surface area contributed by atoms with Crippen LogP contribution in [0.15, 0.2) is 54.6 Å². The molecule has 4 heteroatoms. The number of nitrogens with two attached hydrogens (primary N) is 1. The highest BCUT2D eigenvalue weighted by atomic mass is 16.1. The number of hydrogen-bond donors (Lipinski definition) is 3. The number of amides is 1. The molecule has 0 saturated heterocycles. The Labute approximate surface area is 157 Å². The van der Waals surface area contributed by atoms with Gasteiger partial charge in [0.25, 0.3) is 0 Å². The van der Waals surface area contributed by atoms with Crippen molar-refractivity contribution in [3.63, 3.8) is 0 Å². The van der Waals surface area contributed by atoms with Crippen molar-refractivity contribution < 1.29 is 4.79 Å². The summed E-state index contributed by atoms with van der Waals surface area (Å²) in [7, 11) is 0. The van der Waals surface area contributed by atoms with Crippen LogP contribution < -0.4 is 16.4 Å². The topological polar surface area (TPSA) is 67.2 Å². The van der Waals surface area contributed by atoms with Crippen molar-refractivity contribution in [1.29, 1.82) is 0 Å². The molecule has 0 bridgehead atoms. The van der Waals surface area contributed by atoms with Gasteiger partial charge in [-0.3, -0.25) is 4.79 Å². The lowest BCUT2D eigenvalue weighted by Gasteiger charge is -2.36. The van der Waals surface area contributed by atoms with Crippen LogP contribution in [0.4, 0.5) is 5.69 Å². The molecule has 4 nitrogen and oxygen atoms in total. The maximum absolute atomic E-state index is 12.4. The van der Waals surface area contributed by atoms with E-state index in [1.165, 1.54) is 5.56 Å². The van der Waals surface area contributed by atoms with E-state index in [1.807, 2.05) is 30.3 Å². The van der Waals surface area contributed by atoms with Gasteiger partial charge in [-0.05, 0) is 43.0 Å². The molecular formula is C22H31N3O. The van der Waals surface area contributed by atoms with E-state index in [9.17, 15) is 4.79 Å². The van der Waals surface area contributed by atoms with Crippen LogP contribution >= 0.6 is 0 Å². The normalized spacial score (nSPS) is 12.6. The van der Waals surface area contributed by atoms with Crippen LogP contribution in [0.1, 0.15) is 50.8 Å². The standard InChI is InChI=1S/C22H31N3O/c1-4-22(5-2,25-17(3)19-9-7-6-8-10-19)16-24-21(26)15-18-11-13-20(23)14-12-18/h6-14,17,25H,4-5,15-16,23H2,1-3H3,(H,24,26). The minimum atomic E-state index is -0.119. The molecule has 2 aromatic rings. The Bertz CT molecular complexity index is 678. The fourth-order valence-corrected chi connectivity index (χ4v) is 3.19. The molecule has 0 aliphatic rings. The van der Waals surface area contributed by atoms with Gasteiger partial charge in [0.1, 0.15) is 0 Å². The Morgan fingerprint density at radius 1 is 1.04 bits per heavy atom. The second kappa shape index (κ2) is 9.39. The van der Waals surface area contributed by atoms with E-state index in [2.05, 4.69) is 55.7 Å². The number of nitrogen functional groups attached to an aromatic ring is 1. The van der Waals surface area contributed by atoms with E-state index in [4.69, 9.17) is 5.73 Å². The first-order valence-corrected chi connectivity index (χ1v) is 9.42. The van der Waals surface area contributed by atoms with Crippen molar-refractivity contribution in [2.24, 2.45) is 0 Å². The predicted octanol–water partition coefficient (Wildman–Crippen LogP) is 3.84. The lowest BCUT2D eigenvalue weighted by Crippen LogP contribution is -2.53. The first-order chi connectivity index (χ1) is 12.5. The molecule has 0 aliphatic carbocycles. The third kappa shape index (κ3) is 5.60. The number of nitrogens with one attached hydrogen (secondary N) is 2. The molecule has 0 spiro atoms. The number of hydrogen-bond acceptors (Lipinski definition) is 3. The highest BCUT2D eigenvalue weighted by Crippen LogP contribution is 2.21. The van der Waals surface area contributed by atoms with Crippen LogP contribution in [-0.4, -0.2) is 18.0 Å². The van der Waals surface area contributed by atoms with Crippen LogP contribution in [0.2, 0.25) is 0 Å². The summed E-state index contributed by atoms with van der Waals surface area (Å²) in [6.07, 6.45) is 2.27. The van der Waals surface area contributed by atoms with Crippen LogP contribution in [-0.2, 0) is 11.2 Å². The van der Waals surface area contributed by atoms with Crippen molar-refractivity contribution in [3.8, 4) is 0 Å². The zero-order valence-corrected chi connectivity index (χ0v) is 16.1. The van der Waals surface area contributed by atoms with E-state index in [-0.39, 0.29) is 17.5 Å². The summed E-state index contributed by atoms with van der Waals surface area (Å²) in [6.45, 7) is 7.12. The summed E-state index contributed by atoms with van der Waals surface area (Å²) < 4.78 is 0. The fourth-order valence-electron chi connectivity index (χ4n) is 3.19. The highest BCUT2D eigenvalue weighted by molar-refractivity contribution is 5.78. The predicted molar refractivity (Wildman–Crippen MR) is 109 cm³/mol. The van der Waals surface area contributed by atoms with Crippen LogP contribution in [0.25, 0.3) is 0 Å². The Hall–Kier alpha value is -2.33. The number of anilines is 1. The van der Waals surface area contributed by atoms with E-state index in [0.29, 0.717) is 18.7 Å². The third-order valence-corrected chi connectivity index (χ3v) is 5.14. The minimum Gasteiger partial charge on any atom is -0.399 e. The summed E-state index contributed by atoms with van der Waals surface area (Å²) in [4.78, 5) is 12.4. The molecule has 4 N–H and O–H groups in total. The number of rotatable bonds is 9. The Kier molecular flexibility index (Phi) is 7.22. The van der Waals surface area contributed by atoms with Crippen molar-refractivity contribution in [2.75, 3.05) is 12.3 Å². The quantitative estimate of drug-likeness (QED) is 0.600. The molecule has 140 valence electrons. The highest BCUT2D eigenvalue weighted by Gasteiger charge is 2.28. The van der Waals surface area contributed by atoms with Gasteiger partial charge >= 0.3 is 0 Å². The average molecular weight is 354 g/mol. The molecule has 2 rings (SSSR count). The molecule has 0 saturated carbocycles. The van der Waals surface area contributed by atoms with Gasteiger partial charge in [-0.15, -0.1) is 0 Å². The SMILES string of the molecule is CCC(CC)(CNC(=O)Cc1ccc(N)cc1)NC(C)c1ccccc1. The molecule has 2 aromatic carbocycles. The van der Waals surface area contributed by atoms with Gasteiger partial charge in [-0.1, -0.05) is 56.3 Å². The zero-order chi connectivity index (χ0) is 19.0. The Balaban J connectivity index is 1.95. The molecule has 0 heterocycles. The zero-order valence-electron chi connectivity index (χ0n) is 16.1. The van der Waals surface area contributed by atoms with Crippen LogP contribution in [0.3, 0.4) is 0 Å². The smallest absolute Gasteiger partial charge is 0.224 e. The summed E-state index contributed by atoms with van der Waals surface area (Å²) in [5.41, 5.74) is 8.52. The molecule has 26 heavy (non-hydrogen) atoms.